The SMILES string of the molecule is CN=C(NCCCn1cccn1)NCc1ccc(N(C)C)c(F)c1. The van der Waals surface area contributed by atoms with E-state index in [4.69, 9.17) is 0 Å². The monoisotopic (exact) mass is 332 g/mol. The zero-order chi connectivity index (χ0) is 17.4. The van der Waals surface area contributed by atoms with E-state index < -0.39 is 0 Å². The summed E-state index contributed by atoms with van der Waals surface area (Å²) >= 11 is 0. The molecular weight excluding hydrogens is 307 g/mol. The maximum absolute atomic E-state index is 14.0. The fraction of sp³-hybridized carbons (Fsp3) is 0.412. The molecule has 0 aliphatic heterocycles. The van der Waals surface area contributed by atoms with E-state index in [1.807, 2.05) is 37.1 Å². The highest BCUT2D eigenvalue weighted by Crippen LogP contribution is 2.18. The van der Waals surface area contributed by atoms with Crippen molar-refractivity contribution < 1.29 is 4.39 Å². The van der Waals surface area contributed by atoms with Crippen molar-refractivity contribution >= 4 is 11.6 Å². The van der Waals surface area contributed by atoms with Crippen LogP contribution in [0.4, 0.5) is 10.1 Å². The number of aliphatic imine (C=N–C) groups is 1. The summed E-state index contributed by atoms with van der Waals surface area (Å²) in [6.07, 6.45) is 4.65. The third-order valence-corrected chi connectivity index (χ3v) is 3.59. The molecule has 2 rings (SSSR count). The molecule has 0 atom stereocenters. The second-order valence-electron chi connectivity index (χ2n) is 5.66. The zero-order valence-corrected chi connectivity index (χ0v) is 14.5. The largest absolute Gasteiger partial charge is 0.375 e. The van der Waals surface area contributed by atoms with Gasteiger partial charge in [0.05, 0.1) is 5.69 Å². The predicted octanol–water partition coefficient (Wildman–Crippen LogP) is 1.84. The first kappa shape index (κ1) is 17.8. The highest BCUT2D eigenvalue weighted by Gasteiger charge is 2.06. The number of halogens is 1. The van der Waals surface area contributed by atoms with E-state index in [1.165, 1.54) is 0 Å². The second kappa shape index (κ2) is 8.90. The first-order chi connectivity index (χ1) is 11.6. The summed E-state index contributed by atoms with van der Waals surface area (Å²) in [7, 11) is 5.37. The maximum atomic E-state index is 14.0. The molecule has 7 heteroatoms. The molecule has 2 aromatic rings. The fourth-order valence-electron chi connectivity index (χ4n) is 2.31. The van der Waals surface area contributed by atoms with Gasteiger partial charge in [-0.25, -0.2) is 4.39 Å². The van der Waals surface area contributed by atoms with Gasteiger partial charge in [-0.1, -0.05) is 6.07 Å². The first-order valence-corrected chi connectivity index (χ1v) is 7.98. The van der Waals surface area contributed by atoms with Crippen LogP contribution in [0.5, 0.6) is 0 Å². The first-order valence-electron chi connectivity index (χ1n) is 7.98. The minimum absolute atomic E-state index is 0.221. The number of aromatic nitrogens is 2. The quantitative estimate of drug-likeness (QED) is 0.461. The summed E-state index contributed by atoms with van der Waals surface area (Å²) in [5, 5.41) is 10.6. The van der Waals surface area contributed by atoms with Crippen molar-refractivity contribution in [1.29, 1.82) is 0 Å². The van der Waals surface area contributed by atoms with Crippen LogP contribution < -0.4 is 15.5 Å². The molecule has 0 saturated carbocycles. The van der Waals surface area contributed by atoms with Crippen LogP contribution >= 0.6 is 0 Å². The molecule has 0 bridgehead atoms. The van der Waals surface area contributed by atoms with Gasteiger partial charge in [-0.05, 0) is 30.2 Å². The van der Waals surface area contributed by atoms with Gasteiger partial charge in [-0.2, -0.15) is 5.10 Å². The Morgan fingerprint density at radius 3 is 2.79 bits per heavy atom. The van der Waals surface area contributed by atoms with Crippen molar-refractivity contribution in [2.75, 3.05) is 32.6 Å². The van der Waals surface area contributed by atoms with Gasteiger partial charge in [0.1, 0.15) is 5.82 Å². The normalized spacial score (nSPS) is 11.4. The molecule has 0 radical (unpaired) electrons. The lowest BCUT2D eigenvalue weighted by atomic mass is 10.2. The lowest BCUT2D eigenvalue weighted by molar-refractivity contribution is 0.570. The van der Waals surface area contributed by atoms with E-state index in [9.17, 15) is 4.39 Å². The summed E-state index contributed by atoms with van der Waals surface area (Å²) in [4.78, 5) is 5.93. The average Bonchev–Trinajstić information content (AvgIpc) is 3.07. The number of nitrogens with one attached hydrogen (secondary N) is 2. The van der Waals surface area contributed by atoms with Crippen LogP contribution in [0.1, 0.15) is 12.0 Å². The lowest BCUT2D eigenvalue weighted by Gasteiger charge is -2.15. The minimum atomic E-state index is -0.221. The lowest BCUT2D eigenvalue weighted by Crippen LogP contribution is -2.37. The van der Waals surface area contributed by atoms with Gasteiger partial charge in [-0.3, -0.25) is 9.67 Å². The molecule has 0 aliphatic carbocycles. The third kappa shape index (κ3) is 5.26. The standard InChI is InChI=1S/C17H25FN6/c1-19-17(20-8-4-10-24-11-5-9-22-24)21-13-14-6-7-16(23(2)3)15(18)12-14/h5-7,9,11-12H,4,8,10,13H2,1-3H3,(H2,19,20,21). The van der Waals surface area contributed by atoms with Crippen LogP contribution in [-0.2, 0) is 13.1 Å². The number of nitrogens with zero attached hydrogens (tertiary/aromatic N) is 4. The number of hydrogen-bond donors (Lipinski definition) is 2. The number of anilines is 1. The summed E-state index contributed by atoms with van der Waals surface area (Å²) in [5.41, 5.74) is 1.46. The third-order valence-electron chi connectivity index (χ3n) is 3.59. The van der Waals surface area contributed by atoms with Crippen molar-refractivity contribution in [3.63, 3.8) is 0 Å². The van der Waals surface area contributed by atoms with Crippen LogP contribution in [-0.4, -0.2) is 43.4 Å². The van der Waals surface area contributed by atoms with Gasteiger partial charge >= 0.3 is 0 Å². The Labute approximate surface area is 142 Å². The van der Waals surface area contributed by atoms with Crippen molar-refractivity contribution in [2.24, 2.45) is 4.99 Å². The van der Waals surface area contributed by atoms with Gasteiger partial charge in [0.15, 0.2) is 5.96 Å². The Hall–Kier alpha value is -2.57. The van der Waals surface area contributed by atoms with Crippen molar-refractivity contribution in [2.45, 2.75) is 19.5 Å². The number of rotatable bonds is 7. The molecule has 24 heavy (non-hydrogen) atoms. The highest BCUT2D eigenvalue weighted by atomic mass is 19.1. The van der Waals surface area contributed by atoms with E-state index >= 15 is 0 Å². The molecule has 0 fully saturated rings. The van der Waals surface area contributed by atoms with E-state index in [2.05, 4.69) is 20.7 Å². The summed E-state index contributed by atoms with van der Waals surface area (Å²) in [6.45, 7) is 2.16. The van der Waals surface area contributed by atoms with E-state index in [0.29, 0.717) is 18.2 Å². The van der Waals surface area contributed by atoms with Gasteiger partial charge in [0, 0.05) is 53.2 Å². The molecule has 0 saturated heterocycles. The average molecular weight is 332 g/mol. The molecule has 6 nitrogen and oxygen atoms in total. The van der Waals surface area contributed by atoms with Gasteiger partial charge < -0.3 is 15.5 Å². The van der Waals surface area contributed by atoms with Crippen LogP contribution in [0.3, 0.4) is 0 Å². The number of aryl methyl sites for hydroxylation is 1. The Morgan fingerprint density at radius 2 is 2.17 bits per heavy atom. The van der Waals surface area contributed by atoms with Gasteiger partial charge in [0.25, 0.3) is 0 Å². The fourth-order valence-corrected chi connectivity index (χ4v) is 2.31. The molecule has 0 aliphatic rings. The molecule has 1 heterocycles. The van der Waals surface area contributed by atoms with E-state index in [0.717, 1.165) is 25.1 Å². The summed E-state index contributed by atoms with van der Waals surface area (Å²) < 4.78 is 15.9. The van der Waals surface area contributed by atoms with Crippen LogP contribution in [0, 0.1) is 5.82 Å². The second-order valence-corrected chi connectivity index (χ2v) is 5.66. The Balaban J connectivity index is 1.76. The Morgan fingerprint density at radius 1 is 1.33 bits per heavy atom. The van der Waals surface area contributed by atoms with Crippen LogP contribution in [0.25, 0.3) is 0 Å². The summed E-state index contributed by atoms with van der Waals surface area (Å²) in [6, 6.07) is 7.16. The topological polar surface area (TPSA) is 57.5 Å². The predicted molar refractivity (Wildman–Crippen MR) is 95.8 cm³/mol. The minimum Gasteiger partial charge on any atom is -0.375 e. The molecule has 1 aromatic heterocycles. The van der Waals surface area contributed by atoms with Gasteiger partial charge in [0.2, 0.25) is 0 Å². The van der Waals surface area contributed by atoms with Gasteiger partial charge in [-0.15, -0.1) is 0 Å². The van der Waals surface area contributed by atoms with Crippen molar-refractivity contribution in [1.82, 2.24) is 20.4 Å². The molecule has 0 amide bonds. The van der Waals surface area contributed by atoms with Crippen molar-refractivity contribution in [3.8, 4) is 0 Å². The maximum Gasteiger partial charge on any atom is 0.191 e. The number of hydrogen-bond acceptors (Lipinski definition) is 3. The Kier molecular flexibility index (Phi) is 6.60. The van der Waals surface area contributed by atoms with E-state index in [-0.39, 0.29) is 5.82 Å². The zero-order valence-electron chi connectivity index (χ0n) is 14.5. The van der Waals surface area contributed by atoms with E-state index in [1.54, 1.807) is 30.3 Å². The molecular formula is C17H25FN6. The summed E-state index contributed by atoms with van der Waals surface area (Å²) in [5.74, 6) is 0.481. The highest BCUT2D eigenvalue weighted by molar-refractivity contribution is 5.79. The number of guanidine groups is 1. The smallest absolute Gasteiger partial charge is 0.191 e. The molecule has 0 spiro atoms. The molecule has 130 valence electrons. The molecule has 1 aromatic carbocycles. The Bertz CT molecular complexity index is 651. The molecule has 2 N–H and O–H groups in total. The van der Waals surface area contributed by atoms with Crippen molar-refractivity contribution in [3.05, 3.63) is 48.0 Å². The number of benzene rings is 1. The molecule has 0 unspecified atom stereocenters. The van der Waals surface area contributed by atoms with Crippen LogP contribution in [0.2, 0.25) is 0 Å². The van der Waals surface area contributed by atoms with Crippen LogP contribution in [0.15, 0.2) is 41.7 Å².